The third-order valence-corrected chi connectivity index (χ3v) is 2.54. The minimum atomic E-state index is -0.0352. The normalized spacial score (nSPS) is 10.4. The number of amides is 1. The van der Waals surface area contributed by atoms with E-state index in [4.69, 9.17) is 4.74 Å². The summed E-state index contributed by atoms with van der Waals surface area (Å²) in [6.07, 6.45) is 1.08. The van der Waals surface area contributed by atoms with Crippen LogP contribution in [-0.4, -0.2) is 26.1 Å². The summed E-state index contributed by atoms with van der Waals surface area (Å²) in [6, 6.07) is 7.33. The van der Waals surface area contributed by atoms with Crippen LogP contribution in [0.5, 0.6) is 5.75 Å². The Bertz CT molecular complexity index is 378. The van der Waals surface area contributed by atoms with Crippen molar-refractivity contribution in [3.63, 3.8) is 0 Å². The molecule has 0 bridgehead atoms. The van der Waals surface area contributed by atoms with Crippen LogP contribution in [-0.2, 0) is 4.79 Å². The van der Waals surface area contributed by atoms with Crippen LogP contribution in [0, 0.1) is 5.92 Å². The first kappa shape index (κ1) is 14.5. The van der Waals surface area contributed by atoms with Crippen molar-refractivity contribution in [1.29, 1.82) is 0 Å². The fourth-order valence-electron chi connectivity index (χ4n) is 1.50. The van der Waals surface area contributed by atoms with Gasteiger partial charge < -0.3 is 15.4 Å². The Morgan fingerprint density at radius 1 is 1.39 bits per heavy atom. The van der Waals surface area contributed by atoms with E-state index in [0.29, 0.717) is 12.5 Å². The molecule has 0 spiro atoms. The molecular weight excluding hydrogens is 228 g/mol. The second-order valence-electron chi connectivity index (χ2n) is 4.64. The molecule has 100 valence electrons. The van der Waals surface area contributed by atoms with E-state index in [1.165, 1.54) is 0 Å². The molecule has 0 fully saturated rings. The standard InChI is InChI=1S/C14H22N2O2/c1-11(2)7-8-15-10-14(17)16-12-5-4-6-13(9-12)18-3/h4-6,9,11,15H,7-8,10H2,1-3H3,(H,16,17). The van der Waals surface area contributed by atoms with Crippen molar-refractivity contribution in [1.82, 2.24) is 5.32 Å². The zero-order valence-electron chi connectivity index (χ0n) is 11.3. The monoisotopic (exact) mass is 250 g/mol. The van der Waals surface area contributed by atoms with Gasteiger partial charge in [0.2, 0.25) is 5.91 Å². The fourth-order valence-corrected chi connectivity index (χ4v) is 1.50. The lowest BCUT2D eigenvalue weighted by molar-refractivity contribution is -0.115. The highest BCUT2D eigenvalue weighted by Gasteiger charge is 2.02. The lowest BCUT2D eigenvalue weighted by atomic mass is 10.1. The molecule has 2 N–H and O–H groups in total. The average Bonchev–Trinajstić information content (AvgIpc) is 2.34. The van der Waals surface area contributed by atoms with Crippen molar-refractivity contribution in [3.8, 4) is 5.75 Å². The molecule has 1 rings (SSSR count). The highest BCUT2D eigenvalue weighted by Crippen LogP contribution is 2.16. The molecule has 18 heavy (non-hydrogen) atoms. The van der Waals surface area contributed by atoms with Crippen LogP contribution < -0.4 is 15.4 Å². The highest BCUT2D eigenvalue weighted by atomic mass is 16.5. The van der Waals surface area contributed by atoms with Crippen molar-refractivity contribution in [2.24, 2.45) is 5.92 Å². The summed E-state index contributed by atoms with van der Waals surface area (Å²) < 4.78 is 5.09. The summed E-state index contributed by atoms with van der Waals surface area (Å²) >= 11 is 0. The second kappa shape index (κ2) is 7.71. The Balaban J connectivity index is 2.30. The fraction of sp³-hybridized carbons (Fsp3) is 0.500. The van der Waals surface area contributed by atoms with Crippen LogP contribution in [0.25, 0.3) is 0 Å². The van der Waals surface area contributed by atoms with Gasteiger partial charge in [0, 0.05) is 11.8 Å². The number of anilines is 1. The Hall–Kier alpha value is -1.55. The third-order valence-electron chi connectivity index (χ3n) is 2.54. The Morgan fingerprint density at radius 3 is 2.83 bits per heavy atom. The average molecular weight is 250 g/mol. The van der Waals surface area contributed by atoms with Gasteiger partial charge in [0.25, 0.3) is 0 Å². The Labute approximate surface area is 109 Å². The molecule has 0 saturated carbocycles. The predicted octanol–water partition coefficient (Wildman–Crippen LogP) is 2.27. The summed E-state index contributed by atoms with van der Waals surface area (Å²) in [7, 11) is 1.61. The Kier molecular flexibility index (Phi) is 6.22. The molecule has 4 nitrogen and oxygen atoms in total. The van der Waals surface area contributed by atoms with E-state index in [0.717, 1.165) is 24.4 Å². The molecule has 0 atom stereocenters. The first-order chi connectivity index (χ1) is 8.61. The van der Waals surface area contributed by atoms with Gasteiger partial charge in [-0.3, -0.25) is 4.79 Å². The van der Waals surface area contributed by atoms with Gasteiger partial charge in [0.05, 0.1) is 13.7 Å². The van der Waals surface area contributed by atoms with Gasteiger partial charge in [-0.25, -0.2) is 0 Å². The topological polar surface area (TPSA) is 50.4 Å². The quantitative estimate of drug-likeness (QED) is 0.730. The molecule has 0 radical (unpaired) electrons. The predicted molar refractivity (Wildman–Crippen MR) is 73.9 cm³/mol. The van der Waals surface area contributed by atoms with Crippen LogP contribution in [0.3, 0.4) is 0 Å². The van der Waals surface area contributed by atoms with E-state index >= 15 is 0 Å². The van der Waals surface area contributed by atoms with Crippen molar-refractivity contribution < 1.29 is 9.53 Å². The smallest absolute Gasteiger partial charge is 0.238 e. The maximum Gasteiger partial charge on any atom is 0.238 e. The third kappa shape index (κ3) is 5.68. The molecular formula is C14H22N2O2. The molecule has 0 aliphatic carbocycles. The zero-order valence-corrected chi connectivity index (χ0v) is 11.3. The van der Waals surface area contributed by atoms with E-state index in [9.17, 15) is 4.79 Å². The van der Waals surface area contributed by atoms with Crippen LogP contribution in [0.2, 0.25) is 0 Å². The van der Waals surface area contributed by atoms with E-state index < -0.39 is 0 Å². The summed E-state index contributed by atoms with van der Waals surface area (Å²) in [4.78, 5) is 11.6. The molecule has 0 unspecified atom stereocenters. The van der Waals surface area contributed by atoms with Crippen molar-refractivity contribution in [2.45, 2.75) is 20.3 Å². The lowest BCUT2D eigenvalue weighted by Gasteiger charge is -2.08. The van der Waals surface area contributed by atoms with Crippen molar-refractivity contribution >= 4 is 11.6 Å². The Morgan fingerprint density at radius 2 is 2.17 bits per heavy atom. The lowest BCUT2D eigenvalue weighted by Crippen LogP contribution is -2.29. The summed E-state index contributed by atoms with van der Waals surface area (Å²) in [5, 5.41) is 5.95. The SMILES string of the molecule is COc1cccc(NC(=O)CNCCC(C)C)c1. The van der Waals surface area contributed by atoms with E-state index in [2.05, 4.69) is 24.5 Å². The first-order valence-electron chi connectivity index (χ1n) is 6.26. The second-order valence-corrected chi connectivity index (χ2v) is 4.64. The molecule has 4 heteroatoms. The van der Waals surface area contributed by atoms with Gasteiger partial charge in [-0.15, -0.1) is 0 Å². The van der Waals surface area contributed by atoms with Crippen molar-refractivity contribution in [3.05, 3.63) is 24.3 Å². The molecule has 0 heterocycles. The van der Waals surface area contributed by atoms with Crippen LogP contribution in [0.1, 0.15) is 20.3 Å². The van der Waals surface area contributed by atoms with E-state index in [-0.39, 0.29) is 5.91 Å². The number of nitrogens with one attached hydrogen (secondary N) is 2. The number of hydrogen-bond acceptors (Lipinski definition) is 3. The summed E-state index contributed by atoms with van der Waals surface area (Å²) in [6.45, 7) is 5.53. The van der Waals surface area contributed by atoms with Crippen LogP contribution in [0.4, 0.5) is 5.69 Å². The molecule has 0 aliphatic heterocycles. The van der Waals surface area contributed by atoms with Gasteiger partial charge in [-0.1, -0.05) is 19.9 Å². The maximum atomic E-state index is 11.6. The number of ether oxygens (including phenoxy) is 1. The minimum absolute atomic E-state index is 0.0352. The summed E-state index contributed by atoms with van der Waals surface area (Å²) in [5.74, 6) is 1.35. The number of carbonyl (C=O) groups excluding carboxylic acids is 1. The minimum Gasteiger partial charge on any atom is -0.497 e. The number of carbonyl (C=O) groups is 1. The van der Waals surface area contributed by atoms with Gasteiger partial charge in [0.15, 0.2) is 0 Å². The van der Waals surface area contributed by atoms with E-state index in [1.807, 2.05) is 18.2 Å². The first-order valence-corrected chi connectivity index (χ1v) is 6.26. The molecule has 1 aromatic rings. The largest absolute Gasteiger partial charge is 0.497 e. The number of methoxy groups -OCH3 is 1. The molecule has 0 saturated heterocycles. The molecule has 1 amide bonds. The van der Waals surface area contributed by atoms with Crippen LogP contribution >= 0.6 is 0 Å². The summed E-state index contributed by atoms with van der Waals surface area (Å²) in [5.41, 5.74) is 0.755. The van der Waals surface area contributed by atoms with Crippen molar-refractivity contribution in [2.75, 3.05) is 25.5 Å². The van der Waals surface area contributed by atoms with Gasteiger partial charge in [-0.05, 0) is 31.0 Å². The molecule has 1 aromatic carbocycles. The van der Waals surface area contributed by atoms with Gasteiger partial charge in [0.1, 0.15) is 5.75 Å². The molecule has 0 aromatic heterocycles. The number of benzene rings is 1. The van der Waals surface area contributed by atoms with Gasteiger partial charge in [-0.2, -0.15) is 0 Å². The maximum absolute atomic E-state index is 11.6. The molecule has 0 aliphatic rings. The van der Waals surface area contributed by atoms with E-state index in [1.54, 1.807) is 13.2 Å². The number of hydrogen-bond donors (Lipinski definition) is 2. The highest BCUT2D eigenvalue weighted by molar-refractivity contribution is 5.92. The van der Waals surface area contributed by atoms with Gasteiger partial charge >= 0.3 is 0 Å². The van der Waals surface area contributed by atoms with Crippen LogP contribution in [0.15, 0.2) is 24.3 Å². The zero-order chi connectivity index (χ0) is 13.4. The number of rotatable bonds is 7.